The summed E-state index contributed by atoms with van der Waals surface area (Å²) in [6.45, 7) is 3.48. The maximum absolute atomic E-state index is 10.4. The predicted octanol–water partition coefficient (Wildman–Crippen LogP) is 1.15. The van der Waals surface area contributed by atoms with E-state index in [2.05, 4.69) is 0 Å². The second-order valence-electron chi connectivity index (χ2n) is 1.45. The summed E-state index contributed by atoms with van der Waals surface area (Å²) in [6.07, 6.45) is 6.50. The van der Waals surface area contributed by atoms with E-state index in [4.69, 9.17) is 6.42 Å². The molecule has 0 rings (SSSR count). The fraction of sp³-hybridized carbons (Fsp3) is 0.286. The van der Waals surface area contributed by atoms with Crippen molar-refractivity contribution in [3.05, 3.63) is 11.6 Å². The molecule has 0 saturated carbocycles. The van der Waals surface area contributed by atoms with Crippen LogP contribution in [0.5, 0.6) is 0 Å². The van der Waals surface area contributed by atoms with E-state index in [1.807, 2.05) is 5.92 Å². The number of hydrogen-bond acceptors (Lipinski definition) is 1. The van der Waals surface area contributed by atoms with E-state index in [1.54, 1.807) is 19.9 Å². The van der Waals surface area contributed by atoms with Crippen molar-refractivity contribution in [2.75, 3.05) is 0 Å². The standard InChI is InChI=1S/C7H8O/c1-4-6(3)7(8)5-2/h2,4H,1,3H3/b6-4+. The summed E-state index contributed by atoms with van der Waals surface area (Å²) in [6, 6.07) is 0. The molecule has 0 atom stereocenters. The van der Waals surface area contributed by atoms with Crippen molar-refractivity contribution < 1.29 is 4.79 Å². The number of rotatable bonds is 1. The number of Topliss-reactive ketones (excluding diaryl/α,β-unsaturated/α-hetero) is 1. The molecule has 0 saturated heterocycles. The molecular weight excluding hydrogens is 100 g/mol. The quantitative estimate of drug-likeness (QED) is 0.280. The van der Waals surface area contributed by atoms with Gasteiger partial charge < -0.3 is 0 Å². The maximum atomic E-state index is 10.4. The van der Waals surface area contributed by atoms with Crippen molar-refractivity contribution in [1.82, 2.24) is 0 Å². The summed E-state index contributed by atoms with van der Waals surface area (Å²) in [5, 5.41) is 0. The minimum atomic E-state index is -0.229. The van der Waals surface area contributed by atoms with E-state index >= 15 is 0 Å². The number of carbonyl (C=O) groups excluding carboxylic acids is 1. The van der Waals surface area contributed by atoms with Crippen molar-refractivity contribution in [2.45, 2.75) is 13.8 Å². The van der Waals surface area contributed by atoms with E-state index in [9.17, 15) is 4.79 Å². The molecule has 0 fully saturated rings. The summed E-state index contributed by atoms with van der Waals surface area (Å²) in [5.41, 5.74) is 0.632. The molecule has 0 bridgehead atoms. The molecular formula is C7H8O. The Morgan fingerprint density at radius 2 is 2.25 bits per heavy atom. The van der Waals surface area contributed by atoms with Crippen LogP contribution < -0.4 is 0 Å². The normalized spacial score (nSPS) is 10.4. The second-order valence-corrected chi connectivity index (χ2v) is 1.45. The smallest absolute Gasteiger partial charge is 0.230 e. The minimum absolute atomic E-state index is 0.229. The highest BCUT2D eigenvalue weighted by molar-refractivity contribution is 6.07. The number of hydrogen-bond donors (Lipinski definition) is 0. The van der Waals surface area contributed by atoms with E-state index in [1.165, 1.54) is 0 Å². The number of ketones is 1. The fourth-order valence-electron chi connectivity index (χ4n) is 0.245. The van der Waals surface area contributed by atoms with Gasteiger partial charge in [-0.3, -0.25) is 4.79 Å². The average Bonchev–Trinajstić information content (AvgIpc) is 1.84. The molecule has 0 aromatic rings. The van der Waals surface area contributed by atoms with Gasteiger partial charge in [-0.25, -0.2) is 0 Å². The van der Waals surface area contributed by atoms with Crippen molar-refractivity contribution in [3.8, 4) is 12.3 Å². The van der Waals surface area contributed by atoms with E-state index < -0.39 is 0 Å². The molecule has 42 valence electrons. The van der Waals surface area contributed by atoms with Crippen molar-refractivity contribution in [2.24, 2.45) is 0 Å². The van der Waals surface area contributed by atoms with Gasteiger partial charge in [-0.2, -0.15) is 0 Å². The summed E-state index contributed by atoms with van der Waals surface area (Å²) < 4.78 is 0. The van der Waals surface area contributed by atoms with Crippen LogP contribution >= 0.6 is 0 Å². The molecule has 0 aliphatic carbocycles. The topological polar surface area (TPSA) is 17.1 Å². The molecule has 0 aromatic heterocycles. The Hall–Kier alpha value is -1.03. The molecule has 1 heteroatoms. The highest BCUT2D eigenvalue weighted by Gasteiger charge is 1.93. The summed E-state index contributed by atoms with van der Waals surface area (Å²) in [7, 11) is 0. The molecule has 0 amide bonds. The fourth-order valence-corrected chi connectivity index (χ4v) is 0.245. The van der Waals surface area contributed by atoms with E-state index in [-0.39, 0.29) is 5.78 Å². The van der Waals surface area contributed by atoms with Crippen molar-refractivity contribution in [3.63, 3.8) is 0 Å². The summed E-state index contributed by atoms with van der Waals surface area (Å²) >= 11 is 0. The lowest BCUT2D eigenvalue weighted by molar-refractivity contribution is -0.110. The lowest BCUT2D eigenvalue weighted by Gasteiger charge is -1.84. The van der Waals surface area contributed by atoms with Crippen LogP contribution in [0.4, 0.5) is 0 Å². The molecule has 0 spiro atoms. The van der Waals surface area contributed by atoms with Gasteiger partial charge in [-0.05, 0) is 19.8 Å². The third-order valence-electron chi connectivity index (χ3n) is 0.922. The third-order valence-corrected chi connectivity index (χ3v) is 0.922. The molecule has 1 nitrogen and oxygen atoms in total. The largest absolute Gasteiger partial charge is 0.280 e. The number of terminal acetylenes is 1. The highest BCUT2D eigenvalue weighted by Crippen LogP contribution is 1.90. The summed E-state index contributed by atoms with van der Waals surface area (Å²) in [5.74, 6) is 1.78. The molecule has 0 heterocycles. The first kappa shape index (κ1) is 6.97. The van der Waals surface area contributed by atoms with Crippen LogP contribution in [-0.4, -0.2) is 5.78 Å². The average molecular weight is 108 g/mol. The number of allylic oxidation sites excluding steroid dienone is 2. The zero-order chi connectivity index (χ0) is 6.57. The Kier molecular flexibility index (Phi) is 2.64. The SMILES string of the molecule is C#CC(=O)/C(C)=C/C. The van der Waals surface area contributed by atoms with Crippen LogP contribution in [0.25, 0.3) is 0 Å². The zero-order valence-electron chi connectivity index (χ0n) is 5.06. The first-order valence-corrected chi connectivity index (χ1v) is 2.36. The van der Waals surface area contributed by atoms with Crippen LogP contribution in [0, 0.1) is 12.3 Å². The van der Waals surface area contributed by atoms with Gasteiger partial charge in [0.05, 0.1) is 0 Å². The summed E-state index contributed by atoms with van der Waals surface area (Å²) in [4.78, 5) is 10.4. The first-order valence-electron chi connectivity index (χ1n) is 2.36. The molecule has 0 aliphatic rings. The van der Waals surface area contributed by atoms with Gasteiger partial charge in [0, 0.05) is 5.57 Å². The van der Waals surface area contributed by atoms with E-state index in [0.29, 0.717) is 5.57 Å². The van der Waals surface area contributed by atoms with Gasteiger partial charge in [0.15, 0.2) is 0 Å². The Bertz CT molecular complexity index is 158. The predicted molar refractivity (Wildman–Crippen MR) is 33.3 cm³/mol. The van der Waals surface area contributed by atoms with Crippen LogP contribution in [0.2, 0.25) is 0 Å². The number of carbonyl (C=O) groups is 1. The van der Waals surface area contributed by atoms with Gasteiger partial charge in [0.2, 0.25) is 5.78 Å². The van der Waals surface area contributed by atoms with Gasteiger partial charge in [0.25, 0.3) is 0 Å². The molecule has 0 aliphatic heterocycles. The zero-order valence-corrected chi connectivity index (χ0v) is 5.06. The molecule has 0 N–H and O–H groups in total. The minimum Gasteiger partial charge on any atom is -0.280 e. The second kappa shape index (κ2) is 3.04. The Morgan fingerprint density at radius 1 is 1.75 bits per heavy atom. The van der Waals surface area contributed by atoms with Crippen molar-refractivity contribution >= 4 is 5.78 Å². The van der Waals surface area contributed by atoms with Crippen LogP contribution in [-0.2, 0) is 4.79 Å². The van der Waals surface area contributed by atoms with Crippen LogP contribution in [0.3, 0.4) is 0 Å². The molecule has 0 radical (unpaired) electrons. The van der Waals surface area contributed by atoms with Gasteiger partial charge in [-0.15, -0.1) is 6.42 Å². The Morgan fingerprint density at radius 3 is 2.38 bits per heavy atom. The molecule has 0 aromatic carbocycles. The highest BCUT2D eigenvalue weighted by atomic mass is 16.1. The van der Waals surface area contributed by atoms with Gasteiger partial charge >= 0.3 is 0 Å². The van der Waals surface area contributed by atoms with Gasteiger partial charge in [-0.1, -0.05) is 6.08 Å². The van der Waals surface area contributed by atoms with Gasteiger partial charge in [0.1, 0.15) is 0 Å². The Labute approximate surface area is 49.4 Å². The van der Waals surface area contributed by atoms with Crippen LogP contribution in [0.1, 0.15) is 13.8 Å². The third kappa shape index (κ3) is 1.61. The maximum Gasteiger partial charge on any atom is 0.230 e. The van der Waals surface area contributed by atoms with Crippen molar-refractivity contribution in [1.29, 1.82) is 0 Å². The monoisotopic (exact) mass is 108 g/mol. The lowest BCUT2D eigenvalue weighted by atomic mass is 10.2. The lowest BCUT2D eigenvalue weighted by Crippen LogP contribution is -1.92. The molecule has 0 unspecified atom stereocenters. The first-order chi connectivity index (χ1) is 3.72. The molecule has 8 heavy (non-hydrogen) atoms. The van der Waals surface area contributed by atoms with E-state index in [0.717, 1.165) is 0 Å². The Balaban J connectivity index is 4.10. The van der Waals surface area contributed by atoms with Crippen LogP contribution in [0.15, 0.2) is 11.6 Å².